The number of carbonyl (C=O) groups excluding carboxylic acids is 1. The Bertz CT molecular complexity index is 1050. The van der Waals surface area contributed by atoms with Crippen LogP contribution in [0.4, 0.5) is 18.9 Å². The van der Waals surface area contributed by atoms with E-state index in [1.165, 1.54) is 12.1 Å². The molecule has 5 nitrogen and oxygen atoms in total. The molecule has 2 aromatic rings. The Morgan fingerprint density at radius 1 is 1.13 bits per heavy atom. The maximum absolute atomic E-state index is 12.7. The number of hydrogen-bond donors (Lipinski definition) is 2. The van der Waals surface area contributed by atoms with Crippen LogP contribution in [0.25, 0.3) is 0 Å². The molecule has 0 spiro atoms. The van der Waals surface area contributed by atoms with Gasteiger partial charge < -0.3 is 5.32 Å². The third kappa shape index (κ3) is 5.33. The summed E-state index contributed by atoms with van der Waals surface area (Å²) in [6.45, 7) is 3.60. The lowest BCUT2D eigenvalue weighted by atomic mass is 10.0. The second kappa shape index (κ2) is 7.94. The van der Waals surface area contributed by atoms with E-state index in [2.05, 4.69) is 10.0 Å². The molecular formula is C21H23F3N2O3S. The Kier molecular flexibility index (Phi) is 5.86. The number of nitrogens with one attached hydrogen (secondary N) is 2. The van der Waals surface area contributed by atoms with Crippen molar-refractivity contribution in [1.82, 2.24) is 5.32 Å². The minimum absolute atomic E-state index is 0.0810. The Labute approximate surface area is 173 Å². The van der Waals surface area contributed by atoms with Gasteiger partial charge in [-0.15, -0.1) is 0 Å². The molecule has 1 aliphatic rings. The van der Waals surface area contributed by atoms with Gasteiger partial charge in [0.2, 0.25) is 15.9 Å². The first kappa shape index (κ1) is 22.1. The molecule has 162 valence electrons. The lowest BCUT2D eigenvalue weighted by Crippen LogP contribution is -2.28. The van der Waals surface area contributed by atoms with Crippen molar-refractivity contribution < 1.29 is 26.4 Å². The summed E-state index contributed by atoms with van der Waals surface area (Å²) < 4.78 is 63.3. The smallest absolute Gasteiger partial charge is 0.349 e. The molecule has 3 rings (SSSR count). The molecular weight excluding hydrogens is 417 g/mol. The van der Waals surface area contributed by atoms with Crippen LogP contribution in [0.15, 0.2) is 42.5 Å². The van der Waals surface area contributed by atoms with Crippen molar-refractivity contribution in [3.8, 4) is 0 Å². The molecule has 0 aliphatic heterocycles. The number of hydrogen-bond acceptors (Lipinski definition) is 3. The maximum Gasteiger partial charge on any atom is 0.416 e. The molecule has 30 heavy (non-hydrogen) atoms. The van der Waals surface area contributed by atoms with E-state index in [-0.39, 0.29) is 23.8 Å². The Morgan fingerprint density at radius 3 is 2.30 bits per heavy atom. The normalized spacial score (nSPS) is 19.8. The van der Waals surface area contributed by atoms with Crippen LogP contribution >= 0.6 is 0 Å². The molecule has 0 aromatic heterocycles. The lowest BCUT2D eigenvalue weighted by Gasteiger charge is -2.17. The monoisotopic (exact) mass is 440 g/mol. The summed E-state index contributed by atoms with van der Waals surface area (Å²) in [7, 11) is -3.38. The van der Waals surface area contributed by atoms with Crippen molar-refractivity contribution >= 4 is 21.6 Å². The van der Waals surface area contributed by atoms with Gasteiger partial charge in [0.25, 0.3) is 0 Å². The van der Waals surface area contributed by atoms with Crippen LogP contribution in [0.1, 0.15) is 47.6 Å². The van der Waals surface area contributed by atoms with Gasteiger partial charge in [0.1, 0.15) is 0 Å². The molecule has 0 heterocycles. The van der Waals surface area contributed by atoms with Gasteiger partial charge in [-0.05, 0) is 61.1 Å². The van der Waals surface area contributed by atoms with Crippen LogP contribution in [0.2, 0.25) is 0 Å². The quantitative estimate of drug-likeness (QED) is 0.701. The van der Waals surface area contributed by atoms with E-state index in [0.29, 0.717) is 12.1 Å². The number of halogens is 3. The number of rotatable bonds is 6. The van der Waals surface area contributed by atoms with Crippen LogP contribution in [0.3, 0.4) is 0 Å². The summed E-state index contributed by atoms with van der Waals surface area (Å²) in [4.78, 5) is 12.6. The third-order valence-corrected chi connectivity index (χ3v) is 5.79. The van der Waals surface area contributed by atoms with Crippen LogP contribution < -0.4 is 10.0 Å². The zero-order valence-electron chi connectivity index (χ0n) is 16.7. The molecule has 0 radical (unpaired) electrons. The number of benzene rings is 2. The molecule has 1 fully saturated rings. The maximum atomic E-state index is 12.7. The highest BCUT2D eigenvalue weighted by Crippen LogP contribution is 2.48. The van der Waals surface area contributed by atoms with E-state index in [0.717, 1.165) is 35.1 Å². The fourth-order valence-corrected chi connectivity index (χ4v) is 4.08. The number of alkyl halides is 3. The highest BCUT2D eigenvalue weighted by atomic mass is 32.2. The van der Waals surface area contributed by atoms with Gasteiger partial charge in [-0.25, -0.2) is 8.42 Å². The van der Waals surface area contributed by atoms with Crippen LogP contribution in [0, 0.1) is 12.8 Å². The minimum atomic E-state index is -4.38. The second-order valence-corrected chi connectivity index (χ2v) is 9.50. The van der Waals surface area contributed by atoms with Gasteiger partial charge in [0, 0.05) is 5.92 Å². The molecule has 3 atom stereocenters. The number of sulfonamides is 1. The van der Waals surface area contributed by atoms with Crippen molar-refractivity contribution in [2.75, 3.05) is 11.0 Å². The predicted molar refractivity (Wildman–Crippen MR) is 108 cm³/mol. The highest BCUT2D eigenvalue weighted by Gasteiger charge is 2.44. The Hall–Kier alpha value is -2.55. The van der Waals surface area contributed by atoms with Gasteiger partial charge in [0.05, 0.1) is 23.5 Å². The first-order valence-electron chi connectivity index (χ1n) is 9.41. The molecule has 2 aromatic carbocycles. The van der Waals surface area contributed by atoms with E-state index in [4.69, 9.17) is 0 Å². The average molecular weight is 440 g/mol. The van der Waals surface area contributed by atoms with E-state index >= 15 is 0 Å². The fourth-order valence-electron chi connectivity index (χ4n) is 3.45. The number of aryl methyl sites for hydroxylation is 1. The van der Waals surface area contributed by atoms with Gasteiger partial charge in [-0.2, -0.15) is 13.2 Å². The highest BCUT2D eigenvalue weighted by molar-refractivity contribution is 7.92. The number of anilines is 1. The molecule has 1 aliphatic carbocycles. The topological polar surface area (TPSA) is 75.3 Å². The third-order valence-electron chi connectivity index (χ3n) is 5.20. The summed E-state index contributed by atoms with van der Waals surface area (Å²) in [6, 6.07) is 9.85. The van der Waals surface area contributed by atoms with Crippen molar-refractivity contribution in [1.29, 1.82) is 0 Å². The summed E-state index contributed by atoms with van der Waals surface area (Å²) in [5, 5.41) is 2.93. The lowest BCUT2D eigenvalue weighted by molar-refractivity contribution is -0.137. The molecule has 1 amide bonds. The molecule has 9 heteroatoms. The van der Waals surface area contributed by atoms with Crippen molar-refractivity contribution in [2.24, 2.45) is 5.92 Å². The van der Waals surface area contributed by atoms with Crippen molar-refractivity contribution in [2.45, 2.75) is 38.4 Å². The van der Waals surface area contributed by atoms with Crippen LogP contribution in [-0.2, 0) is 21.0 Å². The molecule has 0 bridgehead atoms. The largest absolute Gasteiger partial charge is 0.416 e. The number of amides is 1. The Balaban J connectivity index is 1.61. The van der Waals surface area contributed by atoms with Crippen LogP contribution in [-0.4, -0.2) is 20.6 Å². The molecule has 2 N–H and O–H groups in total. The minimum Gasteiger partial charge on any atom is -0.349 e. The summed E-state index contributed by atoms with van der Waals surface area (Å²) >= 11 is 0. The van der Waals surface area contributed by atoms with Gasteiger partial charge in [0.15, 0.2) is 0 Å². The van der Waals surface area contributed by atoms with Crippen molar-refractivity contribution in [3.63, 3.8) is 0 Å². The predicted octanol–water partition coefficient (Wildman–Crippen LogP) is 4.37. The zero-order valence-corrected chi connectivity index (χ0v) is 17.6. The summed E-state index contributed by atoms with van der Waals surface area (Å²) in [5.41, 5.74) is 2.05. The molecule has 3 unspecified atom stereocenters. The molecule has 1 saturated carbocycles. The van der Waals surface area contributed by atoms with E-state index < -0.39 is 21.8 Å². The van der Waals surface area contributed by atoms with Crippen LogP contribution in [0.5, 0.6) is 0 Å². The first-order valence-corrected chi connectivity index (χ1v) is 11.3. The zero-order chi connectivity index (χ0) is 22.3. The first-order chi connectivity index (χ1) is 13.8. The number of carbonyl (C=O) groups is 1. The second-order valence-electron chi connectivity index (χ2n) is 7.75. The van der Waals surface area contributed by atoms with Gasteiger partial charge >= 0.3 is 6.18 Å². The fraction of sp³-hybridized carbons (Fsp3) is 0.381. The standard InChI is InChI=1S/C21H23F3N2O3S/c1-12-10-15(6-9-19(12)26-30(3,28)29)13(2)25-20(27)18-11-17(18)14-4-7-16(8-5-14)21(22,23)24/h4-10,13,17-18,26H,11H2,1-3H3,(H,25,27). The van der Waals surface area contributed by atoms with E-state index in [9.17, 15) is 26.4 Å². The summed E-state index contributed by atoms with van der Waals surface area (Å²) in [5.74, 6) is -0.498. The van der Waals surface area contributed by atoms with Crippen molar-refractivity contribution in [3.05, 3.63) is 64.7 Å². The van der Waals surface area contributed by atoms with E-state index in [1.54, 1.807) is 25.1 Å². The molecule has 0 saturated heterocycles. The SMILES string of the molecule is Cc1cc(C(C)NC(=O)C2CC2c2ccc(C(F)(F)F)cc2)ccc1NS(C)(=O)=O. The van der Waals surface area contributed by atoms with E-state index in [1.807, 2.05) is 6.92 Å². The Morgan fingerprint density at radius 2 is 1.77 bits per heavy atom. The summed E-state index contributed by atoms with van der Waals surface area (Å²) in [6.07, 6.45) is -2.70. The average Bonchev–Trinajstić information content (AvgIpc) is 3.42. The van der Waals surface area contributed by atoms with Gasteiger partial charge in [-0.3, -0.25) is 9.52 Å². The van der Waals surface area contributed by atoms with Gasteiger partial charge in [-0.1, -0.05) is 24.3 Å².